The van der Waals surface area contributed by atoms with Gasteiger partial charge in [0.15, 0.2) is 0 Å². The first-order valence-electron chi connectivity index (χ1n) is 8.04. The number of non-ortho nitro benzene ring substituents is 1. The maximum atomic E-state index is 12.8. The van der Waals surface area contributed by atoms with Gasteiger partial charge in [-0.3, -0.25) is 14.9 Å². The van der Waals surface area contributed by atoms with Crippen LogP contribution in [-0.2, 0) is 4.74 Å². The second kappa shape index (κ2) is 9.39. The smallest absolute Gasteiger partial charge is 0.270 e. The van der Waals surface area contributed by atoms with Crippen LogP contribution in [0.3, 0.4) is 0 Å². The average Bonchev–Trinajstić information content (AvgIpc) is 2.67. The van der Waals surface area contributed by atoms with Crippen molar-refractivity contribution in [2.75, 3.05) is 45.1 Å². The van der Waals surface area contributed by atoms with Gasteiger partial charge in [0, 0.05) is 55.4 Å². The molecule has 2 aromatic carbocycles. The highest BCUT2D eigenvalue weighted by Crippen LogP contribution is 2.28. The molecule has 0 saturated heterocycles. The Balaban J connectivity index is 2.32. The lowest BCUT2D eigenvalue weighted by Gasteiger charge is -2.13. The minimum absolute atomic E-state index is 0.141. The Kier molecular flexibility index (Phi) is 6.95. The maximum absolute atomic E-state index is 12.8. The van der Waals surface area contributed by atoms with Crippen LogP contribution in [0.15, 0.2) is 36.4 Å². The zero-order valence-electron chi connectivity index (χ0n) is 15.3. The Morgan fingerprint density at radius 2 is 1.74 bits per heavy atom. The normalized spacial score (nSPS) is 10.2. The summed E-state index contributed by atoms with van der Waals surface area (Å²) in [5, 5.41) is 16.8. The number of anilines is 2. The number of nitro groups is 1. The fourth-order valence-electron chi connectivity index (χ4n) is 2.35. The quantitative estimate of drug-likeness (QED) is 0.394. The van der Waals surface area contributed by atoms with E-state index in [2.05, 4.69) is 10.6 Å². The van der Waals surface area contributed by atoms with E-state index in [4.69, 9.17) is 14.2 Å². The number of hydrogen-bond donors (Lipinski definition) is 2. The van der Waals surface area contributed by atoms with Gasteiger partial charge in [-0.05, 0) is 6.07 Å². The molecular weight excluding hydrogens is 354 g/mol. The van der Waals surface area contributed by atoms with Crippen LogP contribution in [0, 0.1) is 10.1 Å². The monoisotopic (exact) mass is 375 g/mol. The number of carbonyl (C=O) groups excluding carboxylic acids is 1. The van der Waals surface area contributed by atoms with Crippen molar-refractivity contribution >= 4 is 23.0 Å². The Morgan fingerprint density at radius 3 is 2.30 bits per heavy atom. The van der Waals surface area contributed by atoms with Gasteiger partial charge in [0.05, 0.1) is 31.3 Å². The molecule has 27 heavy (non-hydrogen) atoms. The van der Waals surface area contributed by atoms with Gasteiger partial charge in [0.25, 0.3) is 11.6 Å². The molecule has 0 aliphatic heterocycles. The van der Waals surface area contributed by atoms with Crippen LogP contribution >= 0.6 is 0 Å². The zero-order chi connectivity index (χ0) is 19.8. The second-order valence-electron chi connectivity index (χ2n) is 5.46. The van der Waals surface area contributed by atoms with Gasteiger partial charge < -0.3 is 24.8 Å². The summed E-state index contributed by atoms with van der Waals surface area (Å²) >= 11 is 0. The van der Waals surface area contributed by atoms with Crippen LogP contribution in [0.1, 0.15) is 10.4 Å². The van der Waals surface area contributed by atoms with Crippen LogP contribution in [0.4, 0.5) is 17.1 Å². The van der Waals surface area contributed by atoms with E-state index in [0.29, 0.717) is 36.0 Å². The Hall–Kier alpha value is -3.33. The lowest BCUT2D eigenvalue weighted by atomic mass is 10.1. The van der Waals surface area contributed by atoms with Gasteiger partial charge >= 0.3 is 0 Å². The molecule has 0 aliphatic rings. The molecule has 0 heterocycles. The standard InChI is InChI=1S/C18H21N3O6/c1-25-7-6-19-17-5-4-13(21(23)24)10-16(17)18(22)20-12-8-14(26-2)11-15(9-12)27-3/h4-5,8-11,19H,6-7H2,1-3H3,(H,20,22). The van der Waals surface area contributed by atoms with Crippen molar-refractivity contribution in [2.45, 2.75) is 0 Å². The first-order valence-corrected chi connectivity index (χ1v) is 8.04. The molecule has 0 aromatic heterocycles. The van der Waals surface area contributed by atoms with E-state index in [-0.39, 0.29) is 11.3 Å². The van der Waals surface area contributed by atoms with Crippen LogP contribution in [-0.4, -0.2) is 45.3 Å². The van der Waals surface area contributed by atoms with E-state index in [9.17, 15) is 14.9 Å². The van der Waals surface area contributed by atoms with Crippen LogP contribution in [0.25, 0.3) is 0 Å². The number of rotatable bonds is 9. The van der Waals surface area contributed by atoms with Gasteiger partial charge in [-0.1, -0.05) is 0 Å². The van der Waals surface area contributed by atoms with E-state index in [1.165, 1.54) is 32.4 Å². The van der Waals surface area contributed by atoms with Gasteiger partial charge in [-0.2, -0.15) is 0 Å². The van der Waals surface area contributed by atoms with E-state index in [0.717, 1.165) is 0 Å². The summed E-state index contributed by atoms with van der Waals surface area (Å²) in [6.07, 6.45) is 0. The molecule has 0 fully saturated rings. The third-order valence-electron chi connectivity index (χ3n) is 3.69. The lowest BCUT2D eigenvalue weighted by molar-refractivity contribution is -0.384. The summed E-state index contributed by atoms with van der Waals surface area (Å²) in [6, 6.07) is 8.96. The fraction of sp³-hybridized carbons (Fsp3) is 0.278. The summed E-state index contributed by atoms with van der Waals surface area (Å²) in [4.78, 5) is 23.3. The third-order valence-corrected chi connectivity index (χ3v) is 3.69. The number of ether oxygens (including phenoxy) is 3. The number of nitrogens with one attached hydrogen (secondary N) is 2. The number of carbonyl (C=O) groups is 1. The summed E-state index contributed by atoms with van der Waals surface area (Å²) in [6.45, 7) is 0.868. The van der Waals surface area contributed by atoms with E-state index in [1.54, 1.807) is 25.3 Å². The van der Waals surface area contributed by atoms with E-state index in [1.807, 2.05) is 0 Å². The molecule has 144 valence electrons. The maximum Gasteiger partial charge on any atom is 0.270 e. The number of methoxy groups -OCH3 is 3. The van der Waals surface area contributed by atoms with Crippen molar-refractivity contribution < 1.29 is 23.9 Å². The molecule has 0 saturated carbocycles. The SMILES string of the molecule is COCCNc1ccc([N+](=O)[O-])cc1C(=O)Nc1cc(OC)cc(OC)c1. The Morgan fingerprint density at radius 1 is 1.07 bits per heavy atom. The van der Waals surface area contributed by atoms with E-state index < -0.39 is 10.8 Å². The molecule has 9 heteroatoms. The van der Waals surface area contributed by atoms with Crippen LogP contribution in [0.5, 0.6) is 11.5 Å². The molecule has 0 radical (unpaired) electrons. The van der Waals surface area contributed by atoms with Gasteiger partial charge in [-0.25, -0.2) is 0 Å². The molecule has 0 spiro atoms. The largest absolute Gasteiger partial charge is 0.497 e. The van der Waals surface area contributed by atoms with Crippen molar-refractivity contribution in [2.24, 2.45) is 0 Å². The number of nitrogens with zero attached hydrogens (tertiary/aromatic N) is 1. The predicted octanol–water partition coefficient (Wildman–Crippen LogP) is 2.92. The van der Waals surface area contributed by atoms with E-state index >= 15 is 0 Å². The molecular formula is C18H21N3O6. The van der Waals surface area contributed by atoms with Crippen molar-refractivity contribution in [3.05, 3.63) is 52.1 Å². The summed E-state index contributed by atoms with van der Waals surface area (Å²) in [5.74, 6) is 0.498. The number of nitro benzene ring substituents is 1. The van der Waals surface area contributed by atoms with Gasteiger partial charge in [-0.15, -0.1) is 0 Å². The molecule has 0 aliphatic carbocycles. The summed E-state index contributed by atoms with van der Waals surface area (Å²) in [7, 11) is 4.55. The molecule has 0 bridgehead atoms. The van der Waals surface area contributed by atoms with Crippen molar-refractivity contribution in [3.8, 4) is 11.5 Å². The number of hydrogen-bond acceptors (Lipinski definition) is 7. The molecule has 1 amide bonds. The highest BCUT2D eigenvalue weighted by Gasteiger charge is 2.17. The Bertz CT molecular complexity index is 802. The number of benzene rings is 2. The molecule has 2 N–H and O–H groups in total. The van der Waals surface area contributed by atoms with Crippen molar-refractivity contribution in [3.63, 3.8) is 0 Å². The Labute approximate surface area is 156 Å². The van der Waals surface area contributed by atoms with Gasteiger partial charge in [0.1, 0.15) is 11.5 Å². The molecule has 2 rings (SSSR count). The third kappa shape index (κ3) is 5.32. The average molecular weight is 375 g/mol. The highest BCUT2D eigenvalue weighted by molar-refractivity contribution is 6.08. The number of amides is 1. The van der Waals surface area contributed by atoms with Crippen molar-refractivity contribution in [1.82, 2.24) is 0 Å². The van der Waals surface area contributed by atoms with Crippen molar-refractivity contribution in [1.29, 1.82) is 0 Å². The first kappa shape index (κ1) is 20.0. The minimum Gasteiger partial charge on any atom is -0.497 e. The predicted molar refractivity (Wildman–Crippen MR) is 101 cm³/mol. The molecule has 0 unspecified atom stereocenters. The fourth-order valence-corrected chi connectivity index (χ4v) is 2.35. The summed E-state index contributed by atoms with van der Waals surface area (Å²) < 4.78 is 15.3. The zero-order valence-corrected chi connectivity index (χ0v) is 15.3. The molecule has 9 nitrogen and oxygen atoms in total. The highest BCUT2D eigenvalue weighted by atomic mass is 16.6. The minimum atomic E-state index is -0.551. The topological polar surface area (TPSA) is 112 Å². The lowest BCUT2D eigenvalue weighted by Crippen LogP contribution is -2.17. The van der Waals surface area contributed by atoms with Crippen LogP contribution in [0.2, 0.25) is 0 Å². The van der Waals surface area contributed by atoms with Gasteiger partial charge in [0.2, 0.25) is 0 Å². The molecule has 2 aromatic rings. The van der Waals surface area contributed by atoms with Crippen LogP contribution < -0.4 is 20.1 Å². The molecule has 0 atom stereocenters. The summed E-state index contributed by atoms with van der Waals surface area (Å²) in [5.41, 5.74) is 0.860. The second-order valence-corrected chi connectivity index (χ2v) is 5.46. The first-order chi connectivity index (χ1) is 13.0.